The van der Waals surface area contributed by atoms with Gasteiger partial charge in [0.15, 0.2) is 0 Å². The summed E-state index contributed by atoms with van der Waals surface area (Å²) in [4.78, 5) is 0. The zero-order valence-electron chi connectivity index (χ0n) is 22.8. The highest BCUT2D eigenvalue weighted by Gasteiger charge is 2.37. The lowest BCUT2D eigenvalue weighted by atomic mass is 9.65. The fourth-order valence-corrected chi connectivity index (χ4v) is 5.71. The van der Waals surface area contributed by atoms with Gasteiger partial charge in [0.1, 0.15) is 11.5 Å². The topological polar surface area (TPSA) is 40.5 Å². The molecule has 5 rings (SSSR count). The number of hydrogen-bond acceptors (Lipinski definition) is 2. The maximum Gasteiger partial charge on any atom is 0.123 e. The molecule has 0 heterocycles. The lowest BCUT2D eigenvalue weighted by Gasteiger charge is -2.37. The Morgan fingerprint density at radius 1 is 0.538 bits per heavy atom. The van der Waals surface area contributed by atoms with Gasteiger partial charge < -0.3 is 10.2 Å². The maximum atomic E-state index is 10.9. The van der Waals surface area contributed by atoms with Crippen LogP contribution in [-0.2, 0) is 5.41 Å². The molecule has 0 spiro atoms. The van der Waals surface area contributed by atoms with E-state index in [1.165, 1.54) is 11.1 Å². The molecule has 39 heavy (non-hydrogen) atoms. The molecule has 0 aliphatic heterocycles. The molecule has 2 heteroatoms. The summed E-state index contributed by atoms with van der Waals surface area (Å²) in [6.45, 7) is 4.35. The Bertz CT molecular complexity index is 1430. The zero-order valence-corrected chi connectivity index (χ0v) is 22.8. The van der Waals surface area contributed by atoms with E-state index >= 15 is 0 Å². The quantitative estimate of drug-likeness (QED) is 0.152. The Kier molecular flexibility index (Phi) is 7.84. The normalized spacial score (nSPS) is 11.4. The second-order valence-electron chi connectivity index (χ2n) is 10.4. The molecule has 0 fully saturated rings. The molecule has 0 saturated heterocycles. The van der Waals surface area contributed by atoms with Crippen LogP contribution in [0.2, 0.25) is 0 Å². The average molecular weight is 513 g/mol. The summed E-state index contributed by atoms with van der Waals surface area (Å²) < 4.78 is 0. The van der Waals surface area contributed by atoms with Gasteiger partial charge in [0.2, 0.25) is 0 Å². The van der Waals surface area contributed by atoms with Crippen LogP contribution in [0.3, 0.4) is 0 Å². The minimum atomic E-state index is -0.475. The number of benzene rings is 5. The third kappa shape index (κ3) is 5.33. The molecule has 5 aromatic carbocycles. The number of hydrogen-bond donors (Lipinski definition) is 2. The number of phenols is 2. The van der Waals surface area contributed by atoms with Crippen molar-refractivity contribution in [3.05, 3.63) is 144 Å². The standard InChI is InChI=1S/C37H36O2/c1-3-4-11-24-37(30-18-16-27(2)17-19-30,31-20-22-35(38)33(25-31)28-12-7-5-8-13-28)32-21-23-36(39)34(26-32)29-14-9-6-10-15-29/h5-10,12-23,25-26,38-39H,3-4,11,24H2,1-2H3. The predicted octanol–water partition coefficient (Wildman–Crippen LogP) is 9.65. The molecule has 2 N–H and O–H groups in total. The second kappa shape index (κ2) is 11.6. The first kappa shape index (κ1) is 26.3. The highest BCUT2D eigenvalue weighted by atomic mass is 16.3. The van der Waals surface area contributed by atoms with Crippen LogP contribution >= 0.6 is 0 Å². The number of phenolic OH excluding ortho intramolecular Hbond substituents is 2. The van der Waals surface area contributed by atoms with Gasteiger partial charge >= 0.3 is 0 Å². The van der Waals surface area contributed by atoms with Crippen LogP contribution in [0.5, 0.6) is 11.5 Å². The highest BCUT2D eigenvalue weighted by molar-refractivity contribution is 5.74. The molecule has 0 amide bonds. The van der Waals surface area contributed by atoms with E-state index in [1.54, 1.807) is 0 Å². The monoisotopic (exact) mass is 512 g/mol. The summed E-state index contributed by atoms with van der Waals surface area (Å²) in [5.74, 6) is 0.541. The van der Waals surface area contributed by atoms with Crippen molar-refractivity contribution < 1.29 is 10.2 Å². The summed E-state index contributed by atoms with van der Waals surface area (Å²) in [7, 11) is 0. The second-order valence-corrected chi connectivity index (χ2v) is 10.4. The van der Waals surface area contributed by atoms with Crippen molar-refractivity contribution in [3.63, 3.8) is 0 Å². The largest absolute Gasteiger partial charge is 0.507 e. The molecule has 2 nitrogen and oxygen atoms in total. The lowest BCUT2D eigenvalue weighted by molar-refractivity contribution is 0.473. The SMILES string of the molecule is CCCCCC(c1ccc(C)cc1)(c1ccc(O)c(-c2ccccc2)c1)c1ccc(O)c(-c2ccccc2)c1. The Balaban J connectivity index is 1.80. The molecule has 5 aromatic rings. The molecule has 0 unspecified atom stereocenters. The Morgan fingerprint density at radius 2 is 1.00 bits per heavy atom. The maximum absolute atomic E-state index is 10.9. The van der Waals surface area contributed by atoms with E-state index in [-0.39, 0.29) is 11.5 Å². The van der Waals surface area contributed by atoms with Gasteiger partial charge in [-0.25, -0.2) is 0 Å². The van der Waals surface area contributed by atoms with Crippen LogP contribution < -0.4 is 0 Å². The van der Waals surface area contributed by atoms with Crippen molar-refractivity contribution in [1.29, 1.82) is 0 Å². The third-order valence-corrected chi connectivity index (χ3v) is 7.85. The molecule has 0 bridgehead atoms. The Hall–Kier alpha value is -4.30. The van der Waals surface area contributed by atoms with Crippen molar-refractivity contribution in [3.8, 4) is 33.8 Å². The molecule has 196 valence electrons. The van der Waals surface area contributed by atoms with Gasteiger partial charge in [-0.1, -0.05) is 129 Å². The molecule has 0 radical (unpaired) electrons. The van der Waals surface area contributed by atoms with Crippen LogP contribution in [0.25, 0.3) is 22.3 Å². The van der Waals surface area contributed by atoms with Crippen molar-refractivity contribution in [2.24, 2.45) is 0 Å². The van der Waals surface area contributed by atoms with Crippen LogP contribution in [-0.4, -0.2) is 10.2 Å². The first-order chi connectivity index (χ1) is 19.0. The van der Waals surface area contributed by atoms with E-state index in [9.17, 15) is 10.2 Å². The number of rotatable bonds is 9. The van der Waals surface area contributed by atoms with Gasteiger partial charge in [0.25, 0.3) is 0 Å². The number of aryl methyl sites for hydroxylation is 1. The molecule has 0 saturated carbocycles. The van der Waals surface area contributed by atoms with Gasteiger partial charge in [-0.3, -0.25) is 0 Å². The van der Waals surface area contributed by atoms with Gasteiger partial charge in [0, 0.05) is 16.5 Å². The van der Waals surface area contributed by atoms with Gasteiger partial charge in [0.05, 0.1) is 0 Å². The van der Waals surface area contributed by atoms with Crippen LogP contribution in [0.15, 0.2) is 121 Å². The minimum absolute atomic E-state index is 0.270. The van der Waals surface area contributed by atoms with Crippen molar-refractivity contribution in [2.75, 3.05) is 0 Å². The fourth-order valence-electron chi connectivity index (χ4n) is 5.71. The zero-order chi connectivity index (χ0) is 27.2. The van der Waals surface area contributed by atoms with E-state index < -0.39 is 5.41 Å². The molecule has 0 atom stereocenters. The summed E-state index contributed by atoms with van der Waals surface area (Å²) in [5.41, 5.74) is 7.82. The van der Waals surface area contributed by atoms with E-state index in [0.29, 0.717) is 0 Å². The van der Waals surface area contributed by atoms with Crippen molar-refractivity contribution >= 4 is 0 Å². The van der Waals surface area contributed by atoms with Crippen molar-refractivity contribution in [1.82, 2.24) is 0 Å². The minimum Gasteiger partial charge on any atom is -0.507 e. The molecule has 0 aromatic heterocycles. The predicted molar refractivity (Wildman–Crippen MR) is 162 cm³/mol. The first-order valence-corrected chi connectivity index (χ1v) is 13.9. The van der Waals surface area contributed by atoms with Gasteiger partial charge in [-0.05, 0) is 65.4 Å². The summed E-state index contributed by atoms with van der Waals surface area (Å²) >= 11 is 0. The first-order valence-electron chi connectivity index (χ1n) is 13.9. The lowest BCUT2D eigenvalue weighted by Crippen LogP contribution is -2.30. The Labute approximate surface area is 232 Å². The smallest absolute Gasteiger partial charge is 0.123 e. The highest BCUT2D eigenvalue weighted by Crippen LogP contribution is 2.47. The van der Waals surface area contributed by atoms with Gasteiger partial charge in [-0.2, -0.15) is 0 Å². The number of aromatic hydroxyl groups is 2. The fraction of sp³-hybridized carbons (Fsp3) is 0.189. The van der Waals surface area contributed by atoms with Crippen LogP contribution in [0, 0.1) is 6.92 Å². The third-order valence-electron chi connectivity index (χ3n) is 7.85. The average Bonchev–Trinajstić information content (AvgIpc) is 2.98. The summed E-state index contributed by atoms with van der Waals surface area (Å²) in [6, 6.07) is 41.1. The number of unbranched alkanes of at least 4 members (excludes halogenated alkanes) is 2. The molecule has 0 aliphatic carbocycles. The van der Waals surface area contributed by atoms with Crippen LogP contribution in [0.4, 0.5) is 0 Å². The van der Waals surface area contributed by atoms with Gasteiger partial charge in [-0.15, -0.1) is 0 Å². The van der Waals surface area contributed by atoms with E-state index in [1.807, 2.05) is 72.8 Å². The van der Waals surface area contributed by atoms with E-state index in [4.69, 9.17) is 0 Å². The molecular formula is C37H36O2. The summed E-state index contributed by atoms with van der Waals surface area (Å²) in [6.07, 6.45) is 4.20. The molecular weight excluding hydrogens is 476 g/mol. The van der Waals surface area contributed by atoms with E-state index in [0.717, 1.165) is 59.1 Å². The summed E-state index contributed by atoms with van der Waals surface area (Å²) in [5, 5.41) is 21.9. The van der Waals surface area contributed by atoms with E-state index in [2.05, 4.69) is 62.4 Å². The Morgan fingerprint density at radius 3 is 1.46 bits per heavy atom. The van der Waals surface area contributed by atoms with Crippen molar-refractivity contribution in [2.45, 2.75) is 44.9 Å². The van der Waals surface area contributed by atoms with Crippen LogP contribution in [0.1, 0.15) is 54.9 Å². The molecule has 0 aliphatic rings.